The monoisotopic (exact) mass is 504 g/mol. The van der Waals surface area contributed by atoms with Gasteiger partial charge in [0.25, 0.3) is 5.95 Å². The molecule has 7 heteroatoms. The predicted molar refractivity (Wildman–Crippen MR) is 129 cm³/mol. The maximum absolute atomic E-state index is 4.72. The Labute approximate surface area is 186 Å². The van der Waals surface area contributed by atoms with Gasteiger partial charge in [-0.1, -0.05) is 60.7 Å². The van der Waals surface area contributed by atoms with Gasteiger partial charge >= 0.3 is 0 Å². The summed E-state index contributed by atoms with van der Waals surface area (Å²) in [4.78, 5) is 4.72. The van der Waals surface area contributed by atoms with Gasteiger partial charge in [0.05, 0.1) is 11.7 Å². The number of nitrogens with one attached hydrogen (secondary N) is 1. The molecule has 0 bridgehead atoms. The number of aromatic nitrogens is 4. The molecule has 0 aliphatic carbocycles. The summed E-state index contributed by atoms with van der Waals surface area (Å²) in [5.41, 5.74) is 7.76. The minimum absolute atomic E-state index is 0.362. The highest BCUT2D eigenvalue weighted by atomic mass is 127. The highest BCUT2D eigenvalue weighted by Gasteiger charge is 2.14. The zero-order chi connectivity index (χ0) is 20.3. The third-order valence-electron chi connectivity index (χ3n) is 4.78. The largest absolute Gasteiger partial charge is 0.319 e. The molecule has 0 radical (unpaired) electrons. The van der Waals surface area contributed by atoms with Crippen LogP contribution in [0.15, 0.2) is 84.0 Å². The summed E-state index contributed by atoms with van der Waals surface area (Å²) in [6.45, 7) is 0.703. The highest BCUT2D eigenvalue weighted by molar-refractivity contribution is 14.1. The molecule has 0 aliphatic rings. The second-order valence-electron chi connectivity index (χ2n) is 6.82. The van der Waals surface area contributed by atoms with Crippen molar-refractivity contribution in [2.45, 2.75) is 6.54 Å². The second-order valence-corrected chi connectivity index (χ2v) is 8.07. The molecule has 0 fully saturated rings. The second kappa shape index (κ2) is 8.19. The number of hydrogen-bond donors (Lipinski definition) is 1. The number of hydrogen-bond acceptors (Lipinski definition) is 5. The number of fused-ring (bicyclic) bond motifs is 3. The molecule has 3 aromatic carbocycles. The van der Waals surface area contributed by atoms with Crippen LogP contribution in [-0.2, 0) is 6.54 Å². The summed E-state index contributed by atoms with van der Waals surface area (Å²) < 4.78 is 3.32. The van der Waals surface area contributed by atoms with Gasteiger partial charge in [0.15, 0.2) is 5.65 Å². The van der Waals surface area contributed by atoms with Crippen molar-refractivity contribution in [3.05, 3.63) is 93.6 Å². The molecule has 146 valence electrons. The van der Waals surface area contributed by atoms with E-state index in [0.717, 1.165) is 31.2 Å². The summed E-state index contributed by atoms with van der Waals surface area (Å²) >= 11 is 2.28. The van der Waals surface area contributed by atoms with E-state index >= 15 is 0 Å². The lowest BCUT2D eigenvalue weighted by molar-refractivity contribution is 0.848. The van der Waals surface area contributed by atoms with Crippen LogP contribution >= 0.6 is 22.6 Å². The summed E-state index contributed by atoms with van der Waals surface area (Å²) in [5.74, 6) is 0.362. The molecular weight excluding hydrogens is 487 g/mol. The van der Waals surface area contributed by atoms with Gasteiger partial charge in [-0.05, 0) is 51.9 Å². The molecule has 0 aliphatic heterocycles. The average molecular weight is 504 g/mol. The lowest BCUT2D eigenvalue weighted by Crippen LogP contribution is -2.04. The van der Waals surface area contributed by atoms with Gasteiger partial charge in [-0.2, -0.15) is 10.1 Å². The van der Waals surface area contributed by atoms with E-state index in [-0.39, 0.29) is 0 Å². The summed E-state index contributed by atoms with van der Waals surface area (Å²) in [7, 11) is 0. The molecule has 0 atom stereocenters. The Hall–Kier alpha value is -3.33. The van der Waals surface area contributed by atoms with Crippen LogP contribution in [0.25, 0.3) is 22.1 Å². The van der Waals surface area contributed by atoms with E-state index in [1.165, 1.54) is 5.56 Å². The molecular formula is C23H17IN6. The van der Waals surface area contributed by atoms with Crippen molar-refractivity contribution in [3.8, 4) is 0 Å². The van der Waals surface area contributed by atoms with Crippen molar-refractivity contribution in [3.63, 3.8) is 0 Å². The van der Waals surface area contributed by atoms with Crippen LogP contribution in [0.3, 0.4) is 0 Å². The fraction of sp³-hybridized carbons (Fsp3) is 0.0435. The molecule has 0 spiro atoms. The van der Waals surface area contributed by atoms with Crippen molar-refractivity contribution in [2.24, 2.45) is 5.10 Å². The molecule has 1 N–H and O–H groups in total. The van der Waals surface area contributed by atoms with Crippen LogP contribution in [0, 0.1) is 3.57 Å². The summed E-state index contributed by atoms with van der Waals surface area (Å²) in [6.07, 6.45) is 1.75. The normalized spacial score (nSPS) is 11.5. The zero-order valence-electron chi connectivity index (χ0n) is 15.9. The van der Waals surface area contributed by atoms with E-state index in [1.807, 2.05) is 54.6 Å². The Morgan fingerprint density at radius 1 is 0.933 bits per heavy atom. The molecule has 0 saturated carbocycles. The smallest absolute Gasteiger partial charge is 0.265 e. The lowest BCUT2D eigenvalue weighted by Gasteiger charge is -2.07. The van der Waals surface area contributed by atoms with Gasteiger partial charge in [0, 0.05) is 15.5 Å². The van der Waals surface area contributed by atoms with Crippen LogP contribution < -0.4 is 5.43 Å². The molecule has 2 heterocycles. The van der Waals surface area contributed by atoms with Crippen molar-refractivity contribution in [1.82, 2.24) is 19.7 Å². The van der Waals surface area contributed by atoms with Gasteiger partial charge < -0.3 is 4.57 Å². The molecule has 0 amide bonds. The number of rotatable bonds is 5. The van der Waals surface area contributed by atoms with Gasteiger partial charge in [-0.3, -0.25) is 0 Å². The first kappa shape index (κ1) is 18.7. The van der Waals surface area contributed by atoms with Crippen LogP contribution in [0.5, 0.6) is 0 Å². The third-order valence-corrected chi connectivity index (χ3v) is 5.46. The quantitative estimate of drug-likeness (QED) is 0.206. The first-order chi connectivity index (χ1) is 14.8. The van der Waals surface area contributed by atoms with Gasteiger partial charge in [0.2, 0.25) is 0 Å². The first-order valence-electron chi connectivity index (χ1n) is 9.48. The number of hydrazone groups is 1. The number of nitrogens with zero attached hydrogens (tertiary/aromatic N) is 5. The summed E-state index contributed by atoms with van der Waals surface area (Å²) in [6, 6.07) is 26.6. The van der Waals surface area contributed by atoms with Crippen LogP contribution in [0.4, 0.5) is 5.95 Å². The highest BCUT2D eigenvalue weighted by Crippen LogP contribution is 2.27. The van der Waals surface area contributed by atoms with Crippen molar-refractivity contribution >= 4 is 56.8 Å². The number of halogens is 1. The van der Waals surface area contributed by atoms with E-state index in [1.54, 1.807) is 6.21 Å². The fourth-order valence-electron chi connectivity index (χ4n) is 3.43. The summed E-state index contributed by atoms with van der Waals surface area (Å²) in [5, 5.41) is 14.0. The zero-order valence-corrected chi connectivity index (χ0v) is 18.1. The molecule has 0 unspecified atom stereocenters. The lowest BCUT2D eigenvalue weighted by atomic mass is 10.2. The molecule has 2 aromatic heterocycles. The average Bonchev–Trinajstić information content (AvgIpc) is 3.08. The van der Waals surface area contributed by atoms with Crippen molar-refractivity contribution < 1.29 is 0 Å². The maximum Gasteiger partial charge on any atom is 0.265 e. The molecule has 30 heavy (non-hydrogen) atoms. The van der Waals surface area contributed by atoms with Crippen LogP contribution in [0.1, 0.15) is 11.1 Å². The molecule has 5 aromatic rings. The predicted octanol–water partition coefficient (Wildman–Crippen LogP) is 5.08. The Morgan fingerprint density at radius 2 is 1.77 bits per heavy atom. The van der Waals surface area contributed by atoms with Crippen molar-refractivity contribution in [1.29, 1.82) is 0 Å². The standard InChI is InChI=1S/C23H17IN6/c24-18-10-6-9-17(13-18)14-25-28-23-26-22-21(27-29-23)19-11-4-5-12-20(19)30(22)15-16-7-2-1-3-8-16/h1-14H,15H2,(H,26,28,29)/b25-14+. The van der Waals surface area contributed by atoms with E-state index in [4.69, 9.17) is 4.98 Å². The van der Waals surface area contributed by atoms with E-state index in [0.29, 0.717) is 12.5 Å². The van der Waals surface area contributed by atoms with Crippen LogP contribution in [0.2, 0.25) is 0 Å². The fourth-order valence-corrected chi connectivity index (χ4v) is 4.00. The Balaban J connectivity index is 1.52. The Bertz CT molecular complexity index is 1360. The van der Waals surface area contributed by atoms with E-state index < -0.39 is 0 Å². The minimum Gasteiger partial charge on any atom is -0.319 e. The Morgan fingerprint density at radius 3 is 2.63 bits per heavy atom. The number of anilines is 1. The van der Waals surface area contributed by atoms with Gasteiger partial charge in [0.1, 0.15) is 5.52 Å². The topological polar surface area (TPSA) is 68.0 Å². The van der Waals surface area contributed by atoms with E-state index in [2.05, 4.69) is 72.1 Å². The van der Waals surface area contributed by atoms with Gasteiger partial charge in [-0.25, -0.2) is 5.43 Å². The maximum atomic E-state index is 4.72. The van der Waals surface area contributed by atoms with Crippen LogP contribution in [-0.4, -0.2) is 26.0 Å². The number of para-hydroxylation sites is 1. The molecule has 0 saturated heterocycles. The first-order valence-corrected chi connectivity index (χ1v) is 10.6. The molecule has 5 rings (SSSR count). The van der Waals surface area contributed by atoms with Crippen molar-refractivity contribution in [2.75, 3.05) is 5.43 Å². The van der Waals surface area contributed by atoms with E-state index in [9.17, 15) is 0 Å². The van der Waals surface area contributed by atoms with Gasteiger partial charge in [-0.15, -0.1) is 10.2 Å². The minimum atomic E-state index is 0.362. The third kappa shape index (κ3) is 3.76. The SMILES string of the molecule is Ic1cccc(/C=N/Nc2nnc3c4ccccc4n(Cc4ccccc4)c3n2)c1. The number of benzene rings is 3. The molecule has 6 nitrogen and oxygen atoms in total. The Kier molecular flexibility index (Phi) is 5.10.